The number of rotatable bonds is 11. The van der Waals surface area contributed by atoms with E-state index in [2.05, 4.69) is 5.32 Å². The number of thioether (sulfide) groups is 1. The summed E-state index contributed by atoms with van der Waals surface area (Å²) in [5, 5.41) is 1.52. The van der Waals surface area contributed by atoms with Crippen LogP contribution in [0.2, 0.25) is 0 Å². The molecule has 0 spiro atoms. The van der Waals surface area contributed by atoms with Crippen LogP contribution in [0.15, 0.2) is 48.5 Å². The smallest absolute Gasteiger partial charge is 0.474 e. The van der Waals surface area contributed by atoms with E-state index >= 15 is 0 Å². The van der Waals surface area contributed by atoms with Crippen LogP contribution in [0, 0.1) is 0 Å². The Balaban J connectivity index is 0.000000877. The lowest BCUT2D eigenvalue weighted by Crippen LogP contribution is -2.25. The highest BCUT2D eigenvalue weighted by Gasteiger charge is 2.32. The molecule has 1 fully saturated rings. The molecule has 2 aromatic rings. The van der Waals surface area contributed by atoms with Gasteiger partial charge >= 0.3 is 18.2 Å². The maximum absolute atomic E-state index is 12.5. The van der Waals surface area contributed by atoms with Gasteiger partial charge in [-0.25, -0.2) is 4.57 Å². The maximum atomic E-state index is 12.5. The minimum Gasteiger partial charge on any atom is -0.497 e. The Morgan fingerprint density at radius 1 is 1.03 bits per heavy atom. The Morgan fingerprint density at radius 2 is 1.65 bits per heavy atom. The van der Waals surface area contributed by atoms with Gasteiger partial charge in [-0.1, -0.05) is 36.0 Å². The zero-order chi connectivity index (χ0) is 27.6. The van der Waals surface area contributed by atoms with Crippen LogP contribution in [0.4, 0.5) is 4.79 Å². The molecule has 1 saturated heterocycles. The van der Waals surface area contributed by atoms with Crippen molar-refractivity contribution in [1.82, 2.24) is 5.32 Å². The van der Waals surface area contributed by atoms with Gasteiger partial charge in [0.2, 0.25) is 5.91 Å². The molecule has 1 heterocycles. The van der Waals surface area contributed by atoms with Crippen LogP contribution in [-0.2, 0) is 39.8 Å². The molecule has 0 aromatic heterocycles. The number of benzene rings is 2. The molecule has 2 unspecified atom stereocenters. The first kappa shape index (κ1) is 30.7. The summed E-state index contributed by atoms with van der Waals surface area (Å²) in [5.41, 5.74) is 1.56. The van der Waals surface area contributed by atoms with Gasteiger partial charge in [0.25, 0.3) is 5.24 Å². The van der Waals surface area contributed by atoms with E-state index in [0.717, 1.165) is 17.3 Å². The SMILES string of the molecule is COc1cccc(C(COc2ccc(CC3SC(=O)NC3=O)cc2)OP(=O)(OC)OC)c1.O=S(=O)(O)O. The fourth-order valence-electron chi connectivity index (χ4n) is 2.98. The van der Waals surface area contributed by atoms with Gasteiger partial charge in [0.15, 0.2) is 0 Å². The van der Waals surface area contributed by atoms with Crippen LogP contribution in [0.3, 0.4) is 0 Å². The number of carbonyl (C=O) groups excluding carboxylic acids is 2. The summed E-state index contributed by atoms with van der Waals surface area (Å²) in [4.78, 5) is 23.0. The van der Waals surface area contributed by atoms with Gasteiger partial charge in [-0.15, -0.1) is 0 Å². The average Bonchev–Trinajstić information content (AvgIpc) is 3.17. The number of amides is 2. The van der Waals surface area contributed by atoms with Crippen molar-refractivity contribution < 1.29 is 54.7 Å². The number of phosphoric acid groups is 1. The fourth-order valence-corrected chi connectivity index (χ4v) is 4.66. The van der Waals surface area contributed by atoms with Gasteiger partial charge in [0.1, 0.15) is 24.2 Å². The molecule has 3 rings (SSSR count). The Bertz CT molecular complexity index is 1210. The van der Waals surface area contributed by atoms with Crippen molar-refractivity contribution in [1.29, 1.82) is 0 Å². The van der Waals surface area contributed by atoms with Crippen LogP contribution in [0.25, 0.3) is 0 Å². The molecule has 13 nitrogen and oxygen atoms in total. The number of hydrogen-bond acceptors (Lipinski definition) is 11. The number of hydrogen-bond donors (Lipinski definition) is 3. The number of ether oxygens (including phenoxy) is 2. The van der Waals surface area contributed by atoms with E-state index in [1.807, 2.05) is 12.1 Å². The highest BCUT2D eigenvalue weighted by molar-refractivity contribution is 8.15. The third-order valence-electron chi connectivity index (χ3n) is 4.68. The number of phosphoric ester groups is 1. The van der Waals surface area contributed by atoms with Gasteiger partial charge < -0.3 is 9.47 Å². The van der Waals surface area contributed by atoms with Crippen molar-refractivity contribution in [2.24, 2.45) is 0 Å². The lowest BCUT2D eigenvalue weighted by Gasteiger charge is -2.23. The molecule has 204 valence electrons. The fraction of sp³-hybridized carbons (Fsp3) is 0.333. The van der Waals surface area contributed by atoms with Crippen molar-refractivity contribution >= 4 is 41.1 Å². The molecule has 0 saturated carbocycles. The van der Waals surface area contributed by atoms with Crippen LogP contribution < -0.4 is 14.8 Å². The summed E-state index contributed by atoms with van der Waals surface area (Å²) < 4.78 is 70.7. The minimum absolute atomic E-state index is 0.0264. The largest absolute Gasteiger partial charge is 0.497 e. The summed E-state index contributed by atoms with van der Waals surface area (Å²) in [6, 6.07) is 14.3. The van der Waals surface area contributed by atoms with Crippen molar-refractivity contribution in [2.75, 3.05) is 27.9 Å². The average molecular weight is 580 g/mol. The maximum Gasteiger partial charge on any atom is 0.474 e. The third kappa shape index (κ3) is 10.8. The monoisotopic (exact) mass is 579 g/mol. The van der Waals surface area contributed by atoms with E-state index in [1.54, 1.807) is 43.5 Å². The molecule has 3 N–H and O–H groups in total. The van der Waals surface area contributed by atoms with Crippen LogP contribution >= 0.6 is 19.6 Å². The van der Waals surface area contributed by atoms with Gasteiger partial charge in [-0.2, -0.15) is 8.42 Å². The minimum atomic E-state index is -4.67. The first-order chi connectivity index (χ1) is 17.4. The molecule has 2 atom stereocenters. The molecule has 1 aliphatic heterocycles. The Hall–Kier alpha value is -2.49. The molecular weight excluding hydrogens is 553 g/mol. The summed E-state index contributed by atoms with van der Waals surface area (Å²) in [6.45, 7) is 0.0264. The Morgan fingerprint density at radius 3 is 2.16 bits per heavy atom. The molecule has 0 aliphatic carbocycles. The molecular formula is C21H26NO12PS2. The van der Waals surface area contributed by atoms with Crippen molar-refractivity contribution in [3.8, 4) is 11.5 Å². The van der Waals surface area contributed by atoms with E-state index in [9.17, 15) is 14.2 Å². The Labute approximate surface area is 218 Å². The molecule has 2 aromatic carbocycles. The summed E-state index contributed by atoms with van der Waals surface area (Å²) in [6.07, 6.45) is -0.330. The summed E-state index contributed by atoms with van der Waals surface area (Å²) in [5.74, 6) is 0.881. The van der Waals surface area contributed by atoms with Crippen molar-refractivity contribution in [2.45, 2.75) is 17.8 Å². The van der Waals surface area contributed by atoms with Gasteiger partial charge in [0, 0.05) is 14.2 Å². The molecule has 16 heteroatoms. The van der Waals surface area contributed by atoms with E-state index in [0.29, 0.717) is 23.5 Å². The van der Waals surface area contributed by atoms with Crippen LogP contribution in [0.5, 0.6) is 11.5 Å². The molecule has 1 aliphatic rings. The van der Waals surface area contributed by atoms with Gasteiger partial charge in [-0.05, 0) is 41.8 Å². The van der Waals surface area contributed by atoms with E-state index in [4.69, 9.17) is 40.6 Å². The summed E-state index contributed by atoms with van der Waals surface area (Å²) >= 11 is 0.989. The van der Waals surface area contributed by atoms with Crippen LogP contribution in [-0.4, -0.2) is 61.9 Å². The number of methoxy groups -OCH3 is 1. The quantitative estimate of drug-likeness (QED) is 0.260. The zero-order valence-corrected chi connectivity index (χ0v) is 22.5. The summed E-state index contributed by atoms with van der Waals surface area (Å²) in [7, 11) is -4.41. The molecule has 0 radical (unpaired) electrons. The normalized spacial score (nSPS) is 16.4. The predicted molar refractivity (Wildman–Crippen MR) is 133 cm³/mol. The molecule has 2 amide bonds. The number of carbonyl (C=O) groups is 2. The topological polar surface area (TPSA) is 184 Å². The first-order valence-electron chi connectivity index (χ1n) is 10.3. The second kappa shape index (κ2) is 13.9. The van der Waals surface area contributed by atoms with Crippen molar-refractivity contribution in [3.63, 3.8) is 0 Å². The zero-order valence-electron chi connectivity index (χ0n) is 19.9. The van der Waals surface area contributed by atoms with E-state index in [-0.39, 0.29) is 17.8 Å². The molecule has 0 bridgehead atoms. The molecule has 37 heavy (non-hydrogen) atoms. The van der Waals surface area contributed by atoms with Gasteiger partial charge in [-0.3, -0.25) is 37.6 Å². The lowest BCUT2D eigenvalue weighted by molar-refractivity contribution is -0.118. The number of imide groups is 1. The standard InChI is InChI=1S/C21H24NO8PS.H2O4S/c1-26-17-6-4-5-15(12-17)18(30-31(25,27-2)28-3)13-29-16-9-7-14(8-10-16)11-19-20(23)22-21(24)32-19;1-5(2,3)4/h4-10,12,18-19H,11,13H2,1-3H3,(H,22,23,24);(H2,1,2,3,4). The van der Waals surface area contributed by atoms with E-state index < -0.39 is 29.6 Å². The van der Waals surface area contributed by atoms with Gasteiger partial charge in [0.05, 0.1) is 12.4 Å². The number of nitrogens with one attached hydrogen (secondary N) is 1. The second-order valence-electron chi connectivity index (χ2n) is 7.17. The first-order valence-corrected chi connectivity index (χ1v) is 14.1. The van der Waals surface area contributed by atoms with Crippen LogP contribution in [0.1, 0.15) is 17.2 Å². The third-order valence-corrected chi connectivity index (χ3v) is 7.07. The predicted octanol–water partition coefficient (Wildman–Crippen LogP) is 3.47. The lowest BCUT2D eigenvalue weighted by atomic mass is 10.1. The Kier molecular flexibility index (Phi) is 11.5. The van der Waals surface area contributed by atoms with E-state index in [1.165, 1.54) is 14.2 Å². The highest BCUT2D eigenvalue weighted by Crippen LogP contribution is 2.51. The van der Waals surface area contributed by atoms with Crippen molar-refractivity contribution in [3.05, 3.63) is 59.7 Å². The highest BCUT2D eigenvalue weighted by atomic mass is 32.3. The second-order valence-corrected chi connectivity index (χ2v) is 11.1.